The molecule has 0 saturated heterocycles. The third-order valence-corrected chi connectivity index (χ3v) is 5.30. The number of rotatable bonds is 20. The zero-order chi connectivity index (χ0) is 21.7. The number of ketones is 1. The first-order valence-electron chi connectivity index (χ1n) is 12.1. The lowest BCUT2D eigenvalue weighted by atomic mass is 9.94. The van der Waals surface area contributed by atoms with Gasteiger partial charge in [-0.1, -0.05) is 85.0 Å². The molecule has 0 radical (unpaired) electrons. The highest BCUT2D eigenvalue weighted by atomic mass is 16.2. The molecule has 0 bridgehead atoms. The minimum absolute atomic E-state index is 0.0298. The minimum Gasteiger partial charge on any atom is -0.356 e. The molecule has 0 rings (SSSR count). The molecule has 0 heterocycles. The fourth-order valence-electron chi connectivity index (χ4n) is 3.31. The molecule has 0 aromatic carbocycles. The zero-order valence-electron chi connectivity index (χ0n) is 19.3. The van der Waals surface area contributed by atoms with E-state index < -0.39 is 5.92 Å². The summed E-state index contributed by atoms with van der Waals surface area (Å²) in [4.78, 5) is 37.3. The predicted octanol–water partition coefficient (Wildman–Crippen LogP) is 5.32. The maximum atomic E-state index is 12.6. The third kappa shape index (κ3) is 16.1. The summed E-state index contributed by atoms with van der Waals surface area (Å²) in [5.74, 6) is -1.42. The quantitative estimate of drug-likeness (QED) is 0.211. The van der Waals surface area contributed by atoms with Crippen molar-refractivity contribution < 1.29 is 14.4 Å². The number of nitrogens with one attached hydrogen (secondary N) is 2. The molecule has 170 valence electrons. The van der Waals surface area contributed by atoms with Crippen molar-refractivity contribution >= 4 is 17.6 Å². The first-order valence-corrected chi connectivity index (χ1v) is 12.1. The van der Waals surface area contributed by atoms with Gasteiger partial charge >= 0.3 is 0 Å². The van der Waals surface area contributed by atoms with E-state index in [9.17, 15) is 14.4 Å². The number of hydrogen-bond acceptors (Lipinski definition) is 3. The number of hydrogen-bond donors (Lipinski definition) is 2. The van der Waals surface area contributed by atoms with Crippen LogP contribution in [-0.2, 0) is 14.4 Å². The third-order valence-electron chi connectivity index (χ3n) is 5.30. The maximum absolute atomic E-state index is 12.6. The average molecular weight is 411 g/mol. The Morgan fingerprint density at radius 1 is 0.621 bits per heavy atom. The number of Topliss-reactive ketones (excluding diaryl/α,β-unsaturated/α-hetero) is 1. The molecule has 0 aliphatic rings. The van der Waals surface area contributed by atoms with Crippen LogP contribution in [0.5, 0.6) is 0 Å². The van der Waals surface area contributed by atoms with Crippen molar-refractivity contribution in [1.29, 1.82) is 0 Å². The van der Waals surface area contributed by atoms with Crippen LogP contribution in [0.15, 0.2) is 0 Å². The number of amides is 2. The van der Waals surface area contributed by atoms with Gasteiger partial charge < -0.3 is 10.6 Å². The Bertz CT molecular complexity index is 438. The zero-order valence-corrected chi connectivity index (χ0v) is 19.3. The highest BCUT2D eigenvalue weighted by Crippen LogP contribution is 2.14. The largest absolute Gasteiger partial charge is 0.356 e. The van der Waals surface area contributed by atoms with E-state index in [-0.39, 0.29) is 24.0 Å². The first kappa shape index (κ1) is 27.6. The summed E-state index contributed by atoms with van der Waals surface area (Å²) >= 11 is 0. The van der Waals surface area contributed by atoms with E-state index >= 15 is 0 Å². The van der Waals surface area contributed by atoms with Crippen molar-refractivity contribution in [2.45, 2.75) is 117 Å². The molecule has 1 unspecified atom stereocenters. The molecule has 0 fully saturated rings. The molecule has 0 aromatic rings. The summed E-state index contributed by atoms with van der Waals surface area (Å²) in [7, 11) is 0. The second-order valence-electron chi connectivity index (χ2n) is 8.15. The molecule has 5 nitrogen and oxygen atoms in total. The van der Waals surface area contributed by atoms with Gasteiger partial charge in [-0.05, 0) is 19.3 Å². The van der Waals surface area contributed by atoms with Gasteiger partial charge in [0.05, 0.1) is 0 Å². The summed E-state index contributed by atoms with van der Waals surface area (Å²) < 4.78 is 0. The molecule has 2 amide bonds. The van der Waals surface area contributed by atoms with Gasteiger partial charge in [0.15, 0.2) is 0 Å². The highest BCUT2D eigenvalue weighted by Gasteiger charge is 2.28. The van der Waals surface area contributed by atoms with E-state index in [1.807, 2.05) is 0 Å². The molecular weight excluding hydrogens is 364 g/mol. The van der Waals surface area contributed by atoms with Gasteiger partial charge in [0.1, 0.15) is 11.7 Å². The molecule has 0 aliphatic heterocycles. The van der Waals surface area contributed by atoms with Gasteiger partial charge in [0.2, 0.25) is 11.8 Å². The molecule has 0 saturated carbocycles. The van der Waals surface area contributed by atoms with Crippen LogP contribution in [0, 0.1) is 5.92 Å². The first-order chi connectivity index (χ1) is 14.1. The Kier molecular flexibility index (Phi) is 19.0. The van der Waals surface area contributed by atoms with Crippen LogP contribution in [0.4, 0.5) is 0 Å². The van der Waals surface area contributed by atoms with E-state index in [0.717, 1.165) is 44.9 Å². The lowest BCUT2D eigenvalue weighted by molar-refractivity contribution is -0.138. The van der Waals surface area contributed by atoms with Crippen LogP contribution in [0.25, 0.3) is 0 Å². The van der Waals surface area contributed by atoms with Crippen LogP contribution in [0.1, 0.15) is 117 Å². The fourth-order valence-corrected chi connectivity index (χ4v) is 3.31. The van der Waals surface area contributed by atoms with Gasteiger partial charge in [0, 0.05) is 25.9 Å². The van der Waals surface area contributed by atoms with Crippen molar-refractivity contribution in [3.63, 3.8) is 0 Å². The van der Waals surface area contributed by atoms with Crippen molar-refractivity contribution in [2.24, 2.45) is 5.92 Å². The van der Waals surface area contributed by atoms with Gasteiger partial charge in [-0.25, -0.2) is 0 Å². The number of carbonyl (C=O) groups is 3. The summed E-state index contributed by atoms with van der Waals surface area (Å²) in [5, 5.41) is 5.66. The number of carbonyl (C=O) groups excluding carboxylic acids is 3. The second kappa shape index (κ2) is 19.9. The predicted molar refractivity (Wildman–Crippen MR) is 121 cm³/mol. The molecule has 1 atom stereocenters. The summed E-state index contributed by atoms with van der Waals surface area (Å²) in [6.45, 7) is 7.51. The molecule has 29 heavy (non-hydrogen) atoms. The van der Waals surface area contributed by atoms with Crippen molar-refractivity contribution in [3.8, 4) is 0 Å². The lowest BCUT2D eigenvalue weighted by Crippen LogP contribution is -2.39. The van der Waals surface area contributed by atoms with E-state index in [1.54, 1.807) is 0 Å². The van der Waals surface area contributed by atoms with Crippen LogP contribution in [0.2, 0.25) is 0 Å². The smallest absolute Gasteiger partial charge is 0.231 e. The van der Waals surface area contributed by atoms with Crippen molar-refractivity contribution in [2.75, 3.05) is 13.1 Å². The maximum Gasteiger partial charge on any atom is 0.231 e. The topological polar surface area (TPSA) is 75.3 Å². The summed E-state index contributed by atoms with van der Waals surface area (Å²) in [5.41, 5.74) is 0. The highest BCUT2D eigenvalue weighted by molar-refractivity contribution is 6.04. The van der Waals surface area contributed by atoms with E-state index in [0.29, 0.717) is 19.5 Å². The Hall–Kier alpha value is -1.39. The summed E-state index contributed by atoms with van der Waals surface area (Å²) in [6.07, 6.45) is 14.8. The Balaban J connectivity index is 4.30. The Labute approximate surface area is 179 Å². The molecule has 0 spiro atoms. The number of unbranched alkanes of at least 4 members (excludes halogenated alkanes) is 10. The van der Waals surface area contributed by atoms with Crippen LogP contribution < -0.4 is 10.6 Å². The van der Waals surface area contributed by atoms with Crippen LogP contribution in [0.3, 0.4) is 0 Å². The second-order valence-corrected chi connectivity index (χ2v) is 8.15. The minimum atomic E-state index is -0.845. The Morgan fingerprint density at radius 2 is 1.10 bits per heavy atom. The van der Waals surface area contributed by atoms with Gasteiger partial charge in [-0.2, -0.15) is 0 Å². The Morgan fingerprint density at radius 3 is 1.66 bits per heavy atom. The van der Waals surface area contributed by atoms with Crippen LogP contribution >= 0.6 is 0 Å². The molecule has 2 N–H and O–H groups in total. The standard InChI is InChI=1S/C24H46N2O3/c1-4-7-10-11-12-13-14-15-16-17-22(27)21(24(29)26-19-9-6-3)20-23(28)25-18-8-5-2/h21H,4-20H2,1-3H3,(H,25,28)(H,26,29). The summed E-state index contributed by atoms with van der Waals surface area (Å²) in [6, 6.07) is 0. The molecule has 0 aliphatic carbocycles. The van der Waals surface area contributed by atoms with Gasteiger partial charge in [-0.3, -0.25) is 14.4 Å². The molecular formula is C24H46N2O3. The fraction of sp³-hybridized carbons (Fsp3) is 0.875. The molecule has 0 aromatic heterocycles. The monoisotopic (exact) mass is 410 g/mol. The van der Waals surface area contributed by atoms with Gasteiger partial charge in [0.25, 0.3) is 0 Å². The van der Waals surface area contributed by atoms with E-state index in [1.165, 1.54) is 38.5 Å². The molecule has 5 heteroatoms. The van der Waals surface area contributed by atoms with Crippen molar-refractivity contribution in [3.05, 3.63) is 0 Å². The SMILES string of the molecule is CCCCCCCCCCCC(=O)C(CC(=O)NCCCC)C(=O)NCCCC. The lowest BCUT2D eigenvalue weighted by Gasteiger charge is -2.16. The normalized spacial score (nSPS) is 11.8. The van der Waals surface area contributed by atoms with E-state index in [2.05, 4.69) is 31.4 Å². The van der Waals surface area contributed by atoms with Crippen molar-refractivity contribution in [1.82, 2.24) is 10.6 Å². The van der Waals surface area contributed by atoms with Crippen LogP contribution in [-0.4, -0.2) is 30.7 Å². The average Bonchev–Trinajstić information content (AvgIpc) is 2.71. The van der Waals surface area contributed by atoms with E-state index in [4.69, 9.17) is 0 Å². The van der Waals surface area contributed by atoms with Gasteiger partial charge in [-0.15, -0.1) is 0 Å².